The third kappa shape index (κ3) is 4.79. The van der Waals surface area contributed by atoms with E-state index in [2.05, 4.69) is 32.0 Å². The van der Waals surface area contributed by atoms with E-state index in [1.807, 2.05) is 36.4 Å². The lowest BCUT2D eigenvalue weighted by Crippen LogP contribution is -2.29. The minimum absolute atomic E-state index is 0.0231. The Balaban J connectivity index is 1.43. The van der Waals surface area contributed by atoms with Crippen LogP contribution in [0.1, 0.15) is 43.8 Å². The van der Waals surface area contributed by atoms with Gasteiger partial charge >= 0.3 is 0 Å². The lowest BCUT2D eigenvalue weighted by molar-refractivity contribution is -0.119. The quantitative estimate of drug-likeness (QED) is 0.528. The Kier molecular flexibility index (Phi) is 6.16. The van der Waals surface area contributed by atoms with Crippen molar-refractivity contribution in [3.63, 3.8) is 0 Å². The second-order valence-corrected chi connectivity index (χ2v) is 8.40. The van der Waals surface area contributed by atoms with Gasteiger partial charge in [-0.1, -0.05) is 42.4 Å². The number of thioether (sulfide) groups is 1. The van der Waals surface area contributed by atoms with Crippen LogP contribution in [0.5, 0.6) is 0 Å². The number of hydrogen-bond donors (Lipinski definition) is 1. The number of amides is 1. The van der Waals surface area contributed by atoms with E-state index < -0.39 is 0 Å². The van der Waals surface area contributed by atoms with Gasteiger partial charge in [0.2, 0.25) is 5.91 Å². The van der Waals surface area contributed by atoms with E-state index in [9.17, 15) is 4.79 Å². The molecule has 1 amide bonds. The molecule has 0 aliphatic heterocycles. The number of pyridine rings is 1. The first-order valence-corrected chi connectivity index (χ1v) is 11.0. The van der Waals surface area contributed by atoms with Crippen LogP contribution in [0.15, 0.2) is 53.9 Å². The van der Waals surface area contributed by atoms with Crippen LogP contribution in [-0.2, 0) is 4.79 Å². The van der Waals surface area contributed by atoms with Crippen molar-refractivity contribution in [2.45, 2.75) is 43.4 Å². The first-order chi connectivity index (χ1) is 14.2. The molecule has 1 N–H and O–H groups in total. The van der Waals surface area contributed by atoms with Crippen molar-refractivity contribution in [2.75, 3.05) is 5.75 Å². The maximum Gasteiger partial charge on any atom is 0.230 e. The molecule has 1 aliphatic carbocycles. The van der Waals surface area contributed by atoms with Gasteiger partial charge in [-0.15, -0.1) is 10.2 Å². The van der Waals surface area contributed by atoms with Crippen molar-refractivity contribution in [1.29, 1.82) is 0 Å². The van der Waals surface area contributed by atoms with Crippen molar-refractivity contribution in [3.8, 4) is 11.4 Å². The van der Waals surface area contributed by atoms with Crippen LogP contribution in [0.25, 0.3) is 11.4 Å². The van der Waals surface area contributed by atoms with E-state index in [0.717, 1.165) is 41.4 Å². The van der Waals surface area contributed by atoms with Gasteiger partial charge in [0.25, 0.3) is 0 Å². The highest BCUT2D eigenvalue weighted by atomic mass is 35.5. The summed E-state index contributed by atoms with van der Waals surface area (Å²) < 4.78 is 2.14. The third-order valence-corrected chi connectivity index (χ3v) is 6.04. The zero-order chi connectivity index (χ0) is 20.2. The van der Waals surface area contributed by atoms with E-state index in [1.165, 1.54) is 11.8 Å². The molecule has 0 bridgehead atoms. The van der Waals surface area contributed by atoms with Gasteiger partial charge in [0.05, 0.1) is 11.8 Å². The number of nitrogens with zero attached hydrogens (tertiary/aromatic N) is 4. The summed E-state index contributed by atoms with van der Waals surface area (Å²) >= 11 is 7.39. The molecule has 3 aromatic rings. The Morgan fingerprint density at radius 2 is 2.07 bits per heavy atom. The average molecular weight is 428 g/mol. The molecule has 1 unspecified atom stereocenters. The Morgan fingerprint density at radius 3 is 2.72 bits per heavy atom. The molecule has 1 saturated carbocycles. The van der Waals surface area contributed by atoms with Crippen LogP contribution in [-0.4, -0.2) is 31.4 Å². The highest BCUT2D eigenvalue weighted by Gasteiger charge is 2.30. The molecule has 0 saturated heterocycles. The zero-order valence-electron chi connectivity index (χ0n) is 16.1. The fraction of sp³-hybridized carbons (Fsp3) is 0.333. The standard InChI is InChI=1S/C21H22ClN5OS/c1-2-18(14-5-7-16(22)8-6-14)24-19(28)13-29-21-26-25-20(27(21)17-9-10-17)15-4-3-11-23-12-15/h3-8,11-12,17-18H,2,9-10,13H2,1H3,(H,24,28). The average Bonchev–Trinajstić information content (AvgIpc) is 3.50. The van der Waals surface area contributed by atoms with Crippen LogP contribution in [0, 0.1) is 0 Å². The maximum absolute atomic E-state index is 12.6. The van der Waals surface area contributed by atoms with E-state index >= 15 is 0 Å². The van der Waals surface area contributed by atoms with E-state index in [-0.39, 0.29) is 11.9 Å². The van der Waals surface area contributed by atoms with Crippen LogP contribution in [0.2, 0.25) is 5.02 Å². The molecular weight excluding hydrogens is 406 g/mol. The van der Waals surface area contributed by atoms with Gasteiger partial charge < -0.3 is 5.32 Å². The largest absolute Gasteiger partial charge is 0.349 e. The number of aromatic nitrogens is 4. The summed E-state index contributed by atoms with van der Waals surface area (Å²) in [6, 6.07) is 11.8. The van der Waals surface area contributed by atoms with Gasteiger partial charge in [-0.05, 0) is 49.1 Å². The maximum atomic E-state index is 12.6. The second kappa shape index (κ2) is 8.97. The van der Waals surface area contributed by atoms with Gasteiger partial charge in [0, 0.05) is 29.0 Å². The first-order valence-electron chi connectivity index (χ1n) is 9.68. The van der Waals surface area contributed by atoms with Crippen molar-refractivity contribution in [1.82, 2.24) is 25.1 Å². The third-order valence-electron chi connectivity index (χ3n) is 4.84. The summed E-state index contributed by atoms with van der Waals surface area (Å²) in [5.41, 5.74) is 1.99. The predicted molar refractivity (Wildman–Crippen MR) is 115 cm³/mol. The van der Waals surface area contributed by atoms with Crippen LogP contribution < -0.4 is 5.32 Å². The number of hydrogen-bond acceptors (Lipinski definition) is 5. The molecule has 8 heteroatoms. The van der Waals surface area contributed by atoms with Gasteiger partial charge in [0.1, 0.15) is 0 Å². The summed E-state index contributed by atoms with van der Waals surface area (Å²) in [7, 11) is 0. The van der Waals surface area contributed by atoms with Gasteiger partial charge in [-0.2, -0.15) is 0 Å². The zero-order valence-corrected chi connectivity index (χ0v) is 17.7. The number of rotatable bonds is 8. The monoisotopic (exact) mass is 427 g/mol. The molecule has 0 spiro atoms. The lowest BCUT2D eigenvalue weighted by Gasteiger charge is -2.17. The molecule has 1 fully saturated rings. The minimum atomic E-state index is -0.0346. The smallest absolute Gasteiger partial charge is 0.230 e. The van der Waals surface area contributed by atoms with Crippen LogP contribution >= 0.6 is 23.4 Å². The Morgan fingerprint density at radius 1 is 1.28 bits per heavy atom. The molecule has 6 nitrogen and oxygen atoms in total. The highest BCUT2D eigenvalue weighted by Crippen LogP contribution is 2.40. The van der Waals surface area contributed by atoms with E-state index in [4.69, 9.17) is 11.6 Å². The molecule has 1 atom stereocenters. The van der Waals surface area contributed by atoms with Crippen molar-refractivity contribution in [2.24, 2.45) is 0 Å². The summed E-state index contributed by atoms with van der Waals surface area (Å²) in [5.74, 6) is 1.09. The predicted octanol–water partition coefficient (Wildman–Crippen LogP) is 4.69. The van der Waals surface area contributed by atoms with Crippen molar-refractivity contribution >= 4 is 29.3 Å². The summed E-state index contributed by atoms with van der Waals surface area (Å²) in [6.07, 6.45) is 6.56. The molecule has 1 aromatic carbocycles. The minimum Gasteiger partial charge on any atom is -0.349 e. The number of carbonyl (C=O) groups excluding carboxylic acids is 1. The normalized spacial score (nSPS) is 14.6. The highest BCUT2D eigenvalue weighted by molar-refractivity contribution is 7.99. The topological polar surface area (TPSA) is 72.7 Å². The molecule has 0 radical (unpaired) electrons. The summed E-state index contributed by atoms with van der Waals surface area (Å²) in [6.45, 7) is 2.05. The van der Waals surface area contributed by atoms with Crippen LogP contribution in [0.4, 0.5) is 0 Å². The Bertz CT molecular complexity index is 972. The number of benzene rings is 1. The van der Waals surface area contributed by atoms with E-state index in [0.29, 0.717) is 16.8 Å². The first kappa shape index (κ1) is 19.9. The molecule has 2 aromatic heterocycles. The Labute approximate surface area is 179 Å². The lowest BCUT2D eigenvalue weighted by atomic mass is 10.0. The number of carbonyl (C=O) groups is 1. The number of halogens is 1. The molecule has 1 aliphatic rings. The molecule has 29 heavy (non-hydrogen) atoms. The summed E-state index contributed by atoms with van der Waals surface area (Å²) in [4.78, 5) is 16.8. The Hall–Kier alpha value is -2.38. The second-order valence-electron chi connectivity index (χ2n) is 7.02. The fourth-order valence-corrected chi connectivity index (χ4v) is 4.15. The van der Waals surface area contributed by atoms with Crippen LogP contribution in [0.3, 0.4) is 0 Å². The van der Waals surface area contributed by atoms with Gasteiger partial charge in [-0.3, -0.25) is 14.3 Å². The van der Waals surface area contributed by atoms with Gasteiger partial charge in [-0.25, -0.2) is 0 Å². The molecular formula is C21H22ClN5OS. The van der Waals surface area contributed by atoms with Crippen molar-refractivity contribution < 1.29 is 4.79 Å². The molecule has 2 heterocycles. The fourth-order valence-electron chi connectivity index (χ4n) is 3.21. The van der Waals surface area contributed by atoms with Crippen molar-refractivity contribution in [3.05, 3.63) is 59.4 Å². The SMILES string of the molecule is CCC(NC(=O)CSc1nnc(-c2cccnc2)n1C1CC1)c1ccc(Cl)cc1. The molecule has 150 valence electrons. The summed E-state index contributed by atoms with van der Waals surface area (Å²) in [5, 5.41) is 13.3. The van der Waals surface area contributed by atoms with Gasteiger partial charge in [0.15, 0.2) is 11.0 Å². The number of nitrogens with one attached hydrogen (secondary N) is 1. The van der Waals surface area contributed by atoms with E-state index in [1.54, 1.807) is 12.4 Å². The molecule has 4 rings (SSSR count).